The number of nitrogens with two attached hydrogens (primary N) is 1. The van der Waals surface area contributed by atoms with Crippen LogP contribution in [0.5, 0.6) is 5.75 Å². The number of ether oxygens (including phenoxy) is 1. The third-order valence-corrected chi connectivity index (χ3v) is 3.68. The highest BCUT2D eigenvalue weighted by Gasteiger charge is 2.07. The van der Waals surface area contributed by atoms with Crippen LogP contribution in [0.15, 0.2) is 22.7 Å². The third kappa shape index (κ3) is 4.68. The Balaban J connectivity index is 2.59. The lowest BCUT2D eigenvalue weighted by Crippen LogP contribution is -2.10. The summed E-state index contributed by atoms with van der Waals surface area (Å²) >= 11 is 3.55. The van der Waals surface area contributed by atoms with Crippen molar-refractivity contribution in [1.82, 2.24) is 0 Å². The first-order valence-electron chi connectivity index (χ1n) is 6.32. The van der Waals surface area contributed by atoms with E-state index in [0.29, 0.717) is 12.5 Å². The Kier molecular flexibility index (Phi) is 6.60. The molecule has 0 unspecified atom stereocenters. The minimum absolute atomic E-state index is 0.644. The van der Waals surface area contributed by atoms with E-state index >= 15 is 0 Å². The molecule has 0 bridgehead atoms. The molecule has 0 fully saturated rings. The van der Waals surface area contributed by atoms with Crippen molar-refractivity contribution in [2.45, 2.75) is 33.1 Å². The molecule has 3 heteroatoms. The average Bonchev–Trinajstić information content (AvgIpc) is 2.33. The smallest absolute Gasteiger partial charge is 0.133 e. The molecule has 96 valence electrons. The van der Waals surface area contributed by atoms with E-state index in [9.17, 15) is 0 Å². The van der Waals surface area contributed by atoms with Crippen LogP contribution < -0.4 is 10.5 Å². The second kappa shape index (κ2) is 7.72. The Morgan fingerprint density at radius 3 is 2.53 bits per heavy atom. The van der Waals surface area contributed by atoms with Gasteiger partial charge in [0.1, 0.15) is 5.75 Å². The Morgan fingerprint density at radius 1 is 1.29 bits per heavy atom. The average molecular weight is 300 g/mol. The largest absolute Gasteiger partial charge is 0.492 e. The molecule has 0 atom stereocenters. The Morgan fingerprint density at radius 2 is 2.00 bits per heavy atom. The van der Waals surface area contributed by atoms with Crippen molar-refractivity contribution < 1.29 is 4.74 Å². The first-order chi connectivity index (χ1) is 8.21. The SMILES string of the molecule is CCC(CC)COc1ccc(CCN)cc1Br. The van der Waals surface area contributed by atoms with E-state index in [4.69, 9.17) is 10.5 Å². The number of hydrogen-bond donors (Lipinski definition) is 1. The summed E-state index contributed by atoms with van der Waals surface area (Å²) in [5, 5.41) is 0. The number of halogens is 1. The van der Waals surface area contributed by atoms with Crippen molar-refractivity contribution in [3.8, 4) is 5.75 Å². The molecule has 0 heterocycles. The van der Waals surface area contributed by atoms with Crippen molar-refractivity contribution in [2.75, 3.05) is 13.2 Å². The van der Waals surface area contributed by atoms with Gasteiger partial charge in [0.2, 0.25) is 0 Å². The third-order valence-electron chi connectivity index (χ3n) is 3.06. The number of hydrogen-bond acceptors (Lipinski definition) is 2. The molecule has 0 aromatic heterocycles. The fourth-order valence-electron chi connectivity index (χ4n) is 1.72. The van der Waals surface area contributed by atoms with Gasteiger partial charge in [0, 0.05) is 0 Å². The van der Waals surface area contributed by atoms with Crippen molar-refractivity contribution >= 4 is 15.9 Å². The second-order valence-corrected chi connectivity index (χ2v) is 5.15. The van der Waals surface area contributed by atoms with Crippen LogP contribution in [-0.2, 0) is 6.42 Å². The molecule has 17 heavy (non-hydrogen) atoms. The minimum atomic E-state index is 0.644. The molecule has 0 radical (unpaired) electrons. The normalized spacial score (nSPS) is 10.9. The summed E-state index contributed by atoms with van der Waals surface area (Å²) in [6, 6.07) is 6.20. The lowest BCUT2D eigenvalue weighted by atomic mass is 10.1. The first-order valence-corrected chi connectivity index (χ1v) is 7.11. The summed E-state index contributed by atoms with van der Waals surface area (Å²) in [5.41, 5.74) is 6.78. The summed E-state index contributed by atoms with van der Waals surface area (Å²) in [5.74, 6) is 1.57. The molecular weight excluding hydrogens is 278 g/mol. The van der Waals surface area contributed by atoms with Crippen LogP contribution in [0.4, 0.5) is 0 Å². The monoisotopic (exact) mass is 299 g/mol. The van der Waals surface area contributed by atoms with Crippen LogP contribution >= 0.6 is 15.9 Å². The zero-order chi connectivity index (χ0) is 12.7. The number of rotatable bonds is 7. The van der Waals surface area contributed by atoms with E-state index < -0.39 is 0 Å². The maximum absolute atomic E-state index is 5.84. The van der Waals surface area contributed by atoms with Gasteiger partial charge in [0.05, 0.1) is 11.1 Å². The van der Waals surface area contributed by atoms with Gasteiger partial charge in [0.25, 0.3) is 0 Å². The summed E-state index contributed by atoms with van der Waals surface area (Å²) in [6.45, 7) is 5.88. The molecule has 0 amide bonds. The van der Waals surface area contributed by atoms with Crippen molar-refractivity contribution in [3.63, 3.8) is 0 Å². The molecule has 0 aliphatic carbocycles. The topological polar surface area (TPSA) is 35.2 Å². The van der Waals surface area contributed by atoms with E-state index in [2.05, 4.69) is 41.9 Å². The summed E-state index contributed by atoms with van der Waals surface area (Å²) in [7, 11) is 0. The maximum atomic E-state index is 5.84. The molecule has 1 rings (SSSR count). The molecular formula is C14H22BrNO. The van der Waals surface area contributed by atoms with Crippen LogP contribution in [0.25, 0.3) is 0 Å². The van der Waals surface area contributed by atoms with Crippen molar-refractivity contribution in [2.24, 2.45) is 11.7 Å². The molecule has 2 N–H and O–H groups in total. The maximum Gasteiger partial charge on any atom is 0.133 e. The van der Waals surface area contributed by atoms with E-state index in [-0.39, 0.29) is 0 Å². The Bertz CT molecular complexity index is 337. The standard InChI is InChI=1S/C14H22BrNO/c1-3-11(4-2)10-17-14-6-5-12(7-8-16)9-13(14)15/h5-6,9,11H,3-4,7-8,10,16H2,1-2H3. The lowest BCUT2D eigenvalue weighted by Gasteiger charge is -2.15. The van der Waals surface area contributed by atoms with Gasteiger partial charge in [-0.05, 0) is 52.5 Å². The van der Waals surface area contributed by atoms with Crippen LogP contribution in [0.2, 0.25) is 0 Å². The van der Waals surface area contributed by atoms with Crippen LogP contribution in [0, 0.1) is 5.92 Å². The van der Waals surface area contributed by atoms with E-state index in [0.717, 1.165) is 23.2 Å². The molecule has 2 nitrogen and oxygen atoms in total. The van der Waals surface area contributed by atoms with Gasteiger partial charge in [-0.3, -0.25) is 0 Å². The number of benzene rings is 1. The molecule has 0 saturated carbocycles. The summed E-state index contributed by atoms with van der Waals surface area (Å²) in [6.07, 6.45) is 3.24. The van der Waals surface area contributed by atoms with Gasteiger partial charge in [-0.15, -0.1) is 0 Å². The highest BCUT2D eigenvalue weighted by molar-refractivity contribution is 9.10. The van der Waals surface area contributed by atoms with Gasteiger partial charge >= 0.3 is 0 Å². The van der Waals surface area contributed by atoms with E-state index in [1.165, 1.54) is 18.4 Å². The first kappa shape index (κ1) is 14.5. The quantitative estimate of drug-likeness (QED) is 0.832. The van der Waals surface area contributed by atoms with E-state index in [1.54, 1.807) is 0 Å². The summed E-state index contributed by atoms with van der Waals surface area (Å²) in [4.78, 5) is 0. The van der Waals surface area contributed by atoms with Crippen molar-refractivity contribution in [1.29, 1.82) is 0 Å². The predicted octanol–water partition coefficient (Wildman–Crippen LogP) is 3.77. The second-order valence-electron chi connectivity index (χ2n) is 4.30. The minimum Gasteiger partial charge on any atom is -0.492 e. The van der Waals surface area contributed by atoms with Gasteiger partial charge < -0.3 is 10.5 Å². The highest BCUT2D eigenvalue weighted by Crippen LogP contribution is 2.27. The fraction of sp³-hybridized carbons (Fsp3) is 0.571. The fourth-order valence-corrected chi connectivity index (χ4v) is 2.26. The zero-order valence-corrected chi connectivity index (χ0v) is 12.3. The molecule has 1 aromatic rings. The molecule has 1 aromatic carbocycles. The molecule has 0 spiro atoms. The Hall–Kier alpha value is -0.540. The lowest BCUT2D eigenvalue weighted by molar-refractivity contribution is 0.239. The van der Waals surface area contributed by atoms with E-state index in [1.807, 2.05) is 6.07 Å². The van der Waals surface area contributed by atoms with Crippen LogP contribution in [-0.4, -0.2) is 13.2 Å². The zero-order valence-electron chi connectivity index (χ0n) is 10.7. The molecule has 0 saturated heterocycles. The van der Waals surface area contributed by atoms with Gasteiger partial charge in [-0.1, -0.05) is 32.8 Å². The van der Waals surface area contributed by atoms with Crippen LogP contribution in [0.1, 0.15) is 32.3 Å². The molecule has 0 aliphatic rings. The predicted molar refractivity (Wildman–Crippen MR) is 76.5 cm³/mol. The molecule has 0 aliphatic heterocycles. The van der Waals surface area contributed by atoms with Gasteiger partial charge in [-0.25, -0.2) is 0 Å². The van der Waals surface area contributed by atoms with Crippen molar-refractivity contribution in [3.05, 3.63) is 28.2 Å². The van der Waals surface area contributed by atoms with Gasteiger partial charge in [0.15, 0.2) is 0 Å². The summed E-state index contributed by atoms with van der Waals surface area (Å²) < 4.78 is 6.86. The highest BCUT2D eigenvalue weighted by atomic mass is 79.9. The Labute approximate surface area is 113 Å². The van der Waals surface area contributed by atoms with Crippen LogP contribution in [0.3, 0.4) is 0 Å². The van der Waals surface area contributed by atoms with Gasteiger partial charge in [-0.2, -0.15) is 0 Å².